The first-order valence-corrected chi connectivity index (χ1v) is 33.7. The molecule has 1 rings (SSSR count). The second-order valence-electron chi connectivity index (χ2n) is 23.6. The normalized spacial score (nSPS) is 18.9. The number of aliphatic hydroxyl groups excluding tert-OH is 5. The monoisotopic (exact) mass is 1090 g/mol. The number of allylic oxidation sites excluding steroid dienone is 6. The number of ether oxygens (including phenoxy) is 2. The van der Waals surface area contributed by atoms with Gasteiger partial charge < -0.3 is 40.3 Å². The first kappa shape index (κ1) is 73.4. The Morgan fingerprint density at radius 2 is 0.766 bits per heavy atom. The van der Waals surface area contributed by atoms with Crippen molar-refractivity contribution < 1.29 is 39.8 Å². The average molecular weight is 1090 g/mol. The molecule has 77 heavy (non-hydrogen) atoms. The van der Waals surface area contributed by atoms with Crippen LogP contribution < -0.4 is 5.32 Å². The van der Waals surface area contributed by atoms with Gasteiger partial charge in [0.2, 0.25) is 5.91 Å². The minimum atomic E-state index is -1.55. The molecule has 0 radical (unpaired) electrons. The van der Waals surface area contributed by atoms with Crippen molar-refractivity contribution in [2.24, 2.45) is 0 Å². The Balaban J connectivity index is 2.13. The van der Waals surface area contributed by atoms with Crippen molar-refractivity contribution in [2.45, 2.75) is 378 Å². The predicted molar refractivity (Wildman–Crippen MR) is 327 cm³/mol. The Hall–Kier alpha value is -1.59. The number of rotatable bonds is 59. The maximum atomic E-state index is 13.1. The fraction of sp³-hybridized carbons (Fsp3) is 0.897. The highest BCUT2D eigenvalue weighted by Gasteiger charge is 2.44. The fourth-order valence-electron chi connectivity index (χ4n) is 10.9. The SMILES string of the molecule is CCCCCCC/C=C\C/C=C\C/C=C\CCCCCCCCCCCCCCCCC(=O)NC(COC1OC(CO)C(O)C(O)C1O)C(O)CCCCCCCCCCCCCCCCCCCCCCCCCCC. The van der Waals surface area contributed by atoms with Crippen LogP contribution in [0, 0.1) is 0 Å². The number of carbonyl (C=O) groups excluding carboxylic acids is 1. The summed E-state index contributed by atoms with van der Waals surface area (Å²) in [5, 5.41) is 54.9. The van der Waals surface area contributed by atoms with Crippen molar-refractivity contribution in [1.29, 1.82) is 0 Å². The van der Waals surface area contributed by atoms with Crippen molar-refractivity contribution >= 4 is 5.91 Å². The van der Waals surface area contributed by atoms with Crippen molar-refractivity contribution in [3.05, 3.63) is 36.5 Å². The van der Waals surface area contributed by atoms with Gasteiger partial charge in [0.15, 0.2) is 6.29 Å². The summed E-state index contributed by atoms with van der Waals surface area (Å²) < 4.78 is 11.4. The van der Waals surface area contributed by atoms with E-state index < -0.39 is 49.5 Å². The van der Waals surface area contributed by atoms with Crippen LogP contribution in [-0.2, 0) is 14.3 Å². The van der Waals surface area contributed by atoms with Crippen LogP contribution >= 0.6 is 0 Å². The van der Waals surface area contributed by atoms with Crippen LogP contribution in [0.4, 0.5) is 0 Å². The summed E-state index contributed by atoms with van der Waals surface area (Å²) in [6.07, 6.45) is 69.1. The van der Waals surface area contributed by atoms with Gasteiger partial charge in [-0.25, -0.2) is 0 Å². The van der Waals surface area contributed by atoms with Gasteiger partial charge in [0, 0.05) is 6.42 Å². The molecular weight excluding hydrogens is 959 g/mol. The van der Waals surface area contributed by atoms with E-state index in [4.69, 9.17) is 9.47 Å². The van der Waals surface area contributed by atoms with E-state index in [1.807, 2.05) is 0 Å². The molecule has 0 aliphatic carbocycles. The predicted octanol–water partition coefficient (Wildman–Crippen LogP) is 17.9. The molecule has 7 atom stereocenters. The summed E-state index contributed by atoms with van der Waals surface area (Å²) >= 11 is 0. The summed E-state index contributed by atoms with van der Waals surface area (Å²) in [6.45, 7) is 3.87. The number of unbranched alkanes of at least 4 members (excludes halogenated alkanes) is 43. The van der Waals surface area contributed by atoms with Crippen molar-refractivity contribution in [1.82, 2.24) is 5.32 Å². The van der Waals surface area contributed by atoms with Crippen LogP contribution in [0.3, 0.4) is 0 Å². The number of hydrogen-bond donors (Lipinski definition) is 6. The van der Waals surface area contributed by atoms with Crippen molar-refractivity contribution in [2.75, 3.05) is 13.2 Å². The third-order valence-corrected chi connectivity index (χ3v) is 16.2. The highest BCUT2D eigenvalue weighted by atomic mass is 16.7. The zero-order valence-electron chi connectivity index (χ0n) is 50.7. The van der Waals surface area contributed by atoms with E-state index in [9.17, 15) is 30.3 Å². The molecule has 6 N–H and O–H groups in total. The molecule has 0 spiro atoms. The largest absolute Gasteiger partial charge is 0.394 e. The maximum absolute atomic E-state index is 13.1. The van der Waals surface area contributed by atoms with Gasteiger partial charge in [-0.1, -0.05) is 314 Å². The van der Waals surface area contributed by atoms with Crippen molar-refractivity contribution in [3.8, 4) is 0 Å². The summed E-state index contributed by atoms with van der Waals surface area (Å²) in [5.74, 6) is -0.140. The van der Waals surface area contributed by atoms with Crippen LogP contribution in [0.25, 0.3) is 0 Å². The van der Waals surface area contributed by atoms with Gasteiger partial charge in [0.1, 0.15) is 24.4 Å². The second kappa shape index (κ2) is 57.6. The number of amides is 1. The number of aliphatic hydroxyl groups is 5. The smallest absolute Gasteiger partial charge is 0.220 e. The third-order valence-electron chi connectivity index (χ3n) is 16.2. The molecule has 1 aliphatic heterocycles. The summed E-state index contributed by atoms with van der Waals surface area (Å²) in [6, 6.07) is -0.721. The van der Waals surface area contributed by atoms with Crippen LogP contribution in [0.15, 0.2) is 36.5 Å². The molecule has 0 bridgehead atoms. The van der Waals surface area contributed by atoms with Crippen LogP contribution in [0.1, 0.15) is 335 Å². The lowest BCUT2D eigenvalue weighted by atomic mass is 9.99. The lowest BCUT2D eigenvalue weighted by Crippen LogP contribution is -2.60. The second-order valence-corrected chi connectivity index (χ2v) is 23.6. The molecule has 1 saturated heterocycles. The minimum absolute atomic E-state index is 0.135. The number of carbonyl (C=O) groups is 1. The molecule has 0 aromatic carbocycles. The molecular formula is C68H129NO8. The Morgan fingerprint density at radius 3 is 1.13 bits per heavy atom. The molecule has 1 fully saturated rings. The molecule has 0 aromatic rings. The number of hydrogen-bond acceptors (Lipinski definition) is 8. The highest BCUT2D eigenvalue weighted by Crippen LogP contribution is 2.24. The molecule has 0 saturated carbocycles. The van der Waals surface area contributed by atoms with Crippen LogP contribution in [0.5, 0.6) is 0 Å². The summed E-state index contributed by atoms with van der Waals surface area (Å²) in [7, 11) is 0. The zero-order valence-corrected chi connectivity index (χ0v) is 50.7. The Morgan fingerprint density at radius 1 is 0.442 bits per heavy atom. The standard InChI is InChI=1S/C68H129NO8/c1-3-5-7-9-11-13-15-17-19-21-23-25-27-29-30-31-32-34-36-38-40-42-44-46-48-50-52-54-56-58-64(72)69-61(60-76-68-67(75)66(74)65(73)63(59-70)77-68)62(71)57-55-53-51-49-47-45-43-41-39-37-35-33-28-26-24-22-20-18-16-14-12-10-8-6-4-2/h15,17,21,23,27,29,61-63,65-68,70-71,73-75H,3-14,16,18-20,22,24-26,28,30-60H2,1-2H3,(H,69,72)/b17-15-,23-21-,29-27-. The van der Waals surface area contributed by atoms with E-state index in [1.165, 1.54) is 257 Å². The Kier molecular flexibility index (Phi) is 55.0. The maximum Gasteiger partial charge on any atom is 0.220 e. The fourth-order valence-corrected chi connectivity index (χ4v) is 10.9. The van der Waals surface area contributed by atoms with Gasteiger partial charge in [-0.3, -0.25) is 4.79 Å². The summed E-state index contributed by atoms with van der Waals surface area (Å²) in [4.78, 5) is 13.1. The van der Waals surface area contributed by atoms with Gasteiger partial charge in [0.05, 0.1) is 25.4 Å². The lowest BCUT2D eigenvalue weighted by Gasteiger charge is -2.40. The van der Waals surface area contributed by atoms with Crippen LogP contribution in [-0.4, -0.2) is 87.5 Å². The molecule has 454 valence electrons. The van der Waals surface area contributed by atoms with E-state index in [1.54, 1.807) is 0 Å². The number of nitrogens with one attached hydrogen (secondary N) is 1. The molecule has 1 heterocycles. The Labute approximate surface area is 476 Å². The van der Waals surface area contributed by atoms with E-state index in [0.29, 0.717) is 12.8 Å². The van der Waals surface area contributed by atoms with Gasteiger partial charge >= 0.3 is 0 Å². The molecule has 1 amide bonds. The quantitative estimate of drug-likeness (QED) is 0.0261. The average Bonchev–Trinajstić information content (AvgIpc) is 3.43. The Bertz CT molecular complexity index is 1310. The van der Waals surface area contributed by atoms with E-state index in [-0.39, 0.29) is 12.5 Å². The molecule has 0 aromatic heterocycles. The highest BCUT2D eigenvalue weighted by molar-refractivity contribution is 5.76. The van der Waals surface area contributed by atoms with Gasteiger partial charge in [-0.2, -0.15) is 0 Å². The first-order valence-electron chi connectivity index (χ1n) is 33.7. The van der Waals surface area contributed by atoms with E-state index in [2.05, 4.69) is 55.6 Å². The van der Waals surface area contributed by atoms with Crippen molar-refractivity contribution in [3.63, 3.8) is 0 Å². The minimum Gasteiger partial charge on any atom is -0.394 e. The van der Waals surface area contributed by atoms with E-state index >= 15 is 0 Å². The third kappa shape index (κ3) is 46.7. The molecule has 7 unspecified atom stereocenters. The van der Waals surface area contributed by atoms with Gasteiger partial charge in [-0.05, 0) is 51.4 Å². The molecule has 9 heteroatoms. The molecule has 1 aliphatic rings. The molecule has 9 nitrogen and oxygen atoms in total. The topological polar surface area (TPSA) is 149 Å². The first-order chi connectivity index (χ1) is 37.8. The lowest BCUT2D eigenvalue weighted by molar-refractivity contribution is -0.302. The zero-order chi connectivity index (χ0) is 55.8. The van der Waals surface area contributed by atoms with E-state index in [0.717, 1.165) is 51.4 Å². The van der Waals surface area contributed by atoms with Gasteiger partial charge in [-0.15, -0.1) is 0 Å². The van der Waals surface area contributed by atoms with Crippen LogP contribution in [0.2, 0.25) is 0 Å². The summed E-state index contributed by atoms with van der Waals surface area (Å²) in [5.41, 5.74) is 0. The van der Waals surface area contributed by atoms with Gasteiger partial charge in [0.25, 0.3) is 0 Å².